The number of carboxylic acids is 1. The van der Waals surface area contributed by atoms with Crippen LogP contribution in [0.2, 0.25) is 0 Å². The van der Waals surface area contributed by atoms with Crippen molar-refractivity contribution in [3.63, 3.8) is 0 Å². The lowest BCUT2D eigenvalue weighted by Crippen LogP contribution is -2.23. The van der Waals surface area contributed by atoms with Crippen molar-refractivity contribution in [3.8, 4) is 5.75 Å². The van der Waals surface area contributed by atoms with Crippen molar-refractivity contribution in [3.05, 3.63) is 28.3 Å². The van der Waals surface area contributed by atoms with E-state index in [4.69, 9.17) is 9.84 Å². The number of para-hydroxylation sites is 1. The highest BCUT2D eigenvalue weighted by atomic mass is 16.6. The smallest absolute Gasteiger partial charge is 0.333 e. The Hall–Kier alpha value is -2.31. The lowest BCUT2D eigenvalue weighted by Gasteiger charge is -2.19. The molecular weight excluding hydrogens is 276 g/mol. The average molecular weight is 294 g/mol. The molecule has 2 rings (SSSR count). The molecule has 1 saturated heterocycles. The molecule has 1 aromatic rings. The van der Waals surface area contributed by atoms with Crippen molar-refractivity contribution in [2.45, 2.75) is 19.8 Å². The molecule has 1 aliphatic heterocycles. The number of carboxylic acid groups (broad SMARTS) is 1. The monoisotopic (exact) mass is 294 g/mol. The first-order valence-electron chi connectivity index (χ1n) is 6.92. The van der Waals surface area contributed by atoms with E-state index in [1.165, 1.54) is 0 Å². The van der Waals surface area contributed by atoms with Crippen molar-refractivity contribution in [1.29, 1.82) is 0 Å². The van der Waals surface area contributed by atoms with E-state index in [1.807, 2.05) is 6.92 Å². The van der Waals surface area contributed by atoms with Crippen LogP contribution in [0.5, 0.6) is 5.75 Å². The van der Waals surface area contributed by atoms with E-state index in [0.29, 0.717) is 25.3 Å². The maximum Gasteiger partial charge on any atom is 0.333 e. The molecule has 0 aromatic heterocycles. The number of nitro groups is 1. The molecule has 1 heterocycles. The quantitative estimate of drug-likeness (QED) is 0.639. The minimum Gasteiger partial charge on any atom is -0.487 e. The summed E-state index contributed by atoms with van der Waals surface area (Å²) in [6.45, 7) is 3.11. The third-order valence-electron chi connectivity index (χ3n) is 3.50. The summed E-state index contributed by atoms with van der Waals surface area (Å²) >= 11 is 0. The number of benzene rings is 1. The van der Waals surface area contributed by atoms with E-state index in [2.05, 4.69) is 0 Å². The molecule has 21 heavy (non-hydrogen) atoms. The first kappa shape index (κ1) is 15.1. The van der Waals surface area contributed by atoms with Gasteiger partial charge in [0.15, 0.2) is 5.75 Å². The lowest BCUT2D eigenvalue weighted by molar-refractivity contribution is -0.385. The van der Waals surface area contributed by atoms with Crippen LogP contribution in [0.3, 0.4) is 0 Å². The van der Waals surface area contributed by atoms with E-state index in [9.17, 15) is 14.9 Å². The molecule has 0 aliphatic carbocycles. The van der Waals surface area contributed by atoms with Gasteiger partial charge in [0.05, 0.1) is 17.4 Å². The topological polar surface area (TPSA) is 92.9 Å². The number of nitro benzene ring substituents is 1. The highest BCUT2D eigenvalue weighted by Gasteiger charge is 2.33. The first-order valence-corrected chi connectivity index (χ1v) is 6.92. The van der Waals surface area contributed by atoms with Crippen LogP contribution in [0, 0.1) is 16.0 Å². The van der Waals surface area contributed by atoms with Gasteiger partial charge in [0.2, 0.25) is 0 Å². The van der Waals surface area contributed by atoms with Gasteiger partial charge in [-0.2, -0.15) is 0 Å². The summed E-state index contributed by atoms with van der Waals surface area (Å²) in [7, 11) is 0. The molecule has 0 radical (unpaired) electrons. The van der Waals surface area contributed by atoms with Crippen LogP contribution >= 0.6 is 0 Å². The molecule has 0 saturated carbocycles. The van der Waals surface area contributed by atoms with Gasteiger partial charge in [-0.3, -0.25) is 14.9 Å². The fourth-order valence-corrected chi connectivity index (χ4v) is 2.46. The van der Waals surface area contributed by atoms with Crippen molar-refractivity contribution in [2.24, 2.45) is 5.92 Å². The second-order valence-electron chi connectivity index (χ2n) is 5.00. The average Bonchev–Trinajstić information content (AvgIpc) is 2.94. The number of rotatable bonds is 6. The second kappa shape index (κ2) is 6.43. The Bertz CT molecular complexity index is 546. The second-order valence-corrected chi connectivity index (χ2v) is 5.00. The molecule has 1 fully saturated rings. The Labute approximate surface area is 122 Å². The van der Waals surface area contributed by atoms with Gasteiger partial charge in [-0.1, -0.05) is 13.0 Å². The first-order chi connectivity index (χ1) is 10.0. The maximum atomic E-state index is 11.4. The van der Waals surface area contributed by atoms with Gasteiger partial charge in [-0.15, -0.1) is 0 Å². The summed E-state index contributed by atoms with van der Waals surface area (Å²) in [6.07, 6.45) is 1.25. The van der Waals surface area contributed by atoms with Crippen LogP contribution in [-0.2, 0) is 4.79 Å². The zero-order chi connectivity index (χ0) is 15.4. The summed E-state index contributed by atoms with van der Waals surface area (Å²) in [5.74, 6) is -1.11. The largest absolute Gasteiger partial charge is 0.487 e. The van der Waals surface area contributed by atoms with Crippen LogP contribution in [0.4, 0.5) is 11.4 Å². The van der Waals surface area contributed by atoms with E-state index < -0.39 is 16.8 Å². The van der Waals surface area contributed by atoms with Gasteiger partial charge >= 0.3 is 11.7 Å². The molecule has 1 atom stereocenters. The summed E-state index contributed by atoms with van der Waals surface area (Å²) in [5, 5.41) is 20.4. The van der Waals surface area contributed by atoms with Crippen molar-refractivity contribution >= 4 is 17.3 Å². The van der Waals surface area contributed by atoms with E-state index >= 15 is 0 Å². The fraction of sp³-hybridized carbons (Fsp3) is 0.500. The normalized spacial score (nSPS) is 17.8. The third kappa shape index (κ3) is 3.24. The number of ether oxygens (including phenoxy) is 1. The molecule has 7 heteroatoms. The van der Waals surface area contributed by atoms with Crippen molar-refractivity contribution in [2.75, 3.05) is 24.6 Å². The van der Waals surface area contributed by atoms with E-state index in [0.717, 1.165) is 6.42 Å². The maximum absolute atomic E-state index is 11.4. The summed E-state index contributed by atoms with van der Waals surface area (Å²) in [5.41, 5.74) is 0.342. The number of nitrogens with zero attached hydrogens (tertiary/aromatic N) is 2. The predicted molar refractivity (Wildman–Crippen MR) is 76.8 cm³/mol. The number of hydrogen-bond donors (Lipinski definition) is 1. The highest BCUT2D eigenvalue weighted by molar-refractivity contribution is 5.75. The van der Waals surface area contributed by atoms with Gasteiger partial charge < -0.3 is 14.7 Å². The van der Waals surface area contributed by atoms with Crippen LogP contribution in [0.1, 0.15) is 19.8 Å². The Balaban J connectivity index is 2.31. The SMILES string of the molecule is CCCOc1cccc(N2CCC(C(=O)O)C2)c1[N+](=O)[O-]. The number of aliphatic carboxylic acids is 1. The molecule has 1 aromatic carbocycles. The van der Waals surface area contributed by atoms with Gasteiger partial charge in [0.25, 0.3) is 0 Å². The van der Waals surface area contributed by atoms with Gasteiger partial charge in [-0.25, -0.2) is 0 Å². The Morgan fingerprint density at radius 1 is 1.57 bits per heavy atom. The highest BCUT2D eigenvalue weighted by Crippen LogP contribution is 2.39. The molecule has 1 unspecified atom stereocenters. The number of carbonyl (C=O) groups is 1. The Kier molecular flexibility index (Phi) is 4.62. The number of anilines is 1. The molecule has 0 amide bonds. The van der Waals surface area contributed by atoms with Crippen LogP contribution in [-0.4, -0.2) is 35.7 Å². The van der Waals surface area contributed by atoms with Crippen molar-refractivity contribution in [1.82, 2.24) is 0 Å². The van der Waals surface area contributed by atoms with E-state index in [-0.39, 0.29) is 18.0 Å². The van der Waals surface area contributed by atoms with Crippen LogP contribution in [0.25, 0.3) is 0 Å². The standard InChI is InChI=1S/C14H18N2O5/c1-2-8-21-12-5-3-4-11(13(12)16(19)20)15-7-6-10(9-15)14(17)18/h3-5,10H,2,6-9H2,1H3,(H,17,18). The molecule has 1 N–H and O–H groups in total. The Morgan fingerprint density at radius 2 is 2.33 bits per heavy atom. The molecular formula is C14H18N2O5. The number of hydrogen-bond acceptors (Lipinski definition) is 5. The van der Waals surface area contributed by atoms with E-state index in [1.54, 1.807) is 23.1 Å². The van der Waals surface area contributed by atoms with Gasteiger partial charge in [-0.05, 0) is 25.0 Å². The minimum atomic E-state index is -0.862. The van der Waals surface area contributed by atoms with Gasteiger partial charge in [0, 0.05) is 13.1 Å². The predicted octanol–water partition coefficient (Wildman–Crippen LogP) is 2.29. The van der Waals surface area contributed by atoms with Gasteiger partial charge in [0.1, 0.15) is 5.69 Å². The van der Waals surface area contributed by atoms with Crippen LogP contribution in [0.15, 0.2) is 18.2 Å². The molecule has 1 aliphatic rings. The Morgan fingerprint density at radius 3 is 2.90 bits per heavy atom. The lowest BCUT2D eigenvalue weighted by atomic mass is 10.1. The summed E-state index contributed by atoms with van der Waals surface area (Å²) in [6, 6.07) is 4.91. The summed E-state index contributed by atoms with van der Waals surface area (Å²) in [4.78, 5) is 23.7. The van der Waals surface area contributed by atoms with Crippen LogP contribution < -0.4 is 9.64 Å². The zero-order valence-corrected chi connectivity index (χ0v) is 11.8. The molecule has 0 bridgehead atoms. The van der Waals surface area contributed by atoms with Crippen molar-refractivity contribution < 1.29 is 19.6 Å². The third-order valence-corrected chi connectivity index (χ3v) is 3.50. The minimum absolute atomic E-state index is 0.0861. The molecule has 7 nitrogen and oxygen atoms in total. The fourth-order valence-electron chi connectivity index (χ4n) is 2.46. The molecule has 0 spiro atoms. The summed E-state index contributed by atoms with van der Waals surface area (Å²) < 4.78 is 5.44. The molecule has 114 valence electrons. The zero-order valence-electron chi connectivity index (χ0n) is 11.8.